The first-order valence-corrected chi connectivity index (χ1v) is 8.83. The maximum absolute atomic E-state index is 10.3. The molecule has 1 heterocycles. The summed E-state index contributed by atoms with van der Waals surface area (Å²) in [5.74, 6) is 1.30. The second-order valence-corrected chi connectivity index (χ2v) is 6.61. The van der Waals surface area contributed by atoms with Crippen molar-refractivity contribution in [1.29, 1.82) is 0 Å². The lowest BCUT2D eigenvalue weighted by Crippen LogP contribution is -2.42. The van der Waals surface area contributed by atoms with E-state index in [1.807, 2.05) is 25.1 Å². The zero-order valence-corrected chi connectivity index (χ0v) is 14.7. The van der Waals surface area contributed by atoms with Crippen LogP contribution in [0.5, 0.6) is 5.75 Å². The minimum Gasteiger partial charge on any atom is -0.491 e. The lowest BCUT2D eigenvalue weighted by Gasteiger charge is -2.32. The van der Waals surface area contributed by atoms with Crippen LogP contribution in [0.15, 0.2) is 24.3 Å². The summed E-state index contributed by atoms with van der Waals surface area (Å²) in [6, 6.07) is 8.08. The molecule has 1 atom stereocenters. The van der Waals surface area contributed by atoms with Gasteiger partial charge in [0, 0.05) is 26.2 Å². The number of nitrogens with zero attached hydrogens (tertiary/aromatic N) is 1. The minimum atomic E-state index is -0.459. The van der Waals surface area contributed by atoms with Crippen LogP contribution in [0.25, 0.3) is 0 Å². The second-order valence-electron chi connectivity index (χ2n) is 6.61. The topological polar surface area (TPSA) is 41.9 Å². The first kappa shape index (κ1) is 18.2. The van der Waals surface area contributed by atoms with E-state index in [0.29, 0.717) is 25.2 Å². The number of aliphatic hydroxyl groups excluding tert-OH is 1. The summed E-state index contributed by atoms with van der Waals surface area (Å²) in [6.07, 6.45) is 2.04. The fraction of sp³-hybridized carbons (Fsp3) is 0.684. The van der Waals surface area contributed by atoms with Crippen molar-refractivity contribution < 1.29 is 14.6 Å². The number of para-hydroxylation sites is 1. The molecule has 0 radical (unpaired) electrons. The van der Waals surface area contributed by atoms with E-state index < -0.39 is 6.10 Å². The standard InChI is InChI=1S/C19H31NO3/c1-4-22-17-9-11-20(12-10-17)13-16(21)14-23-19-8-6-5-7-18(19)15(2)3/h5-8,15-17,21H,4,9-14H2,1-3H3. The van der Waals surface area contributed by atoms with Gasteiger partial charge < -0.3 is 19.5 Å². The van der Waals surface area contributed by atoms with E-state index in [1.165, 1.54) is 5.56 Å². The molecule has 0 bridgehead atoms. The van der Waals surface area contributed by atoms with Gasteiger partial charge in [-0.15, -0.1) is 0 Å². The Morgan fingerprint density at radius 1 is 1.22 bits per heavy atom. The van der Waals surface area contributed by atoms with E-state index in [0.717, 1.165) is 38.3 Å². The van der Waals surface area contributed by atoms with Crippen molar-refractivity contribution in [1.82, 2.24) is 4.90 Å². The first-order valence-electron chi connectivity index (χ1n) is 8.83. The number of ether oxygens (including phenoxy) is 2. The van der Waals surface area contributed by atoms with Crippen molar-refractivity contribution in [3.05, 3.63) is 29.8 Å². The van der Waals surface area contributed by atoms with E-state index in [1.54, 1.807) is 0 Å². The van der Waals surface area contributed by atoms with Gasteiger partial charge in [0.25, 0.3) is 0 Å². The van der Waals surface area contributed by atoms with E-state index in [4.69, 9.17) is 9.47 Å². The Bertz CT molecular complexity index is 456. The van der Waals surface area contributed by atoms with E-state index >= 15 is 0 Å². The molecule has 0 aliphatic carbocycles. The van der Waals surface area contributed by atoms with Crippen LogP contribution in [-0.2, 0) is 4.74 Å². The molecule has 1 aliphatic rings. The molecule has 1 aromatic carbocycles. The number of rotatable bonds is 8. The van der Waals surface area contributed by atoms with Crippen LogP contribution >= 0.6 is 0 Å². The number of piperidine rings is 1. The van der Waals surface area contributed by atoms with E-state index in [2.05, 4.69) is 24.8 Å². The zero-order valence-electron chi connectivity index (χ0n) is 14.7. The molecular weight excluding hydrogens is 290 g/mol. The third-order valence-electron chi connectivity index (χ3n) is 4.38. The molecule has 4 nitrogen and oxygen atoms in total. The third kappa shape index (κ3) is 5.79. The highest BCUT2D eigenvalue weighted by molar-refractivity contribution is 5.35. The molecule has 1 saturated heterocycles. The Balaban J connectivity index is 1.75. The summed E-state index contributed by atoms with van der Waals surface area (Å²) < 4.78 is 11.5. The molecule has 0 amide bonds. The van der Waals surface area contributed by atoms with Crippen molar-refractivity contribution in [2.24, 2.45) is 0 Å². The Labute approximate surface area is 140 Å². The normalized spacial score (nSPS) is 18.3. The molecule has 1 unspecified atom stereocenters. The SMILES string of the molecule is CCOC1CCN(CC(O)COc2ccccc2C(C)C)CC1. The van der Waals surface area contributed by atoms with Gasteiger partial charge in [-0.05, 0) is 37.3 Å². The van der Waals surface area contributed by atoms with Crippen LogP contribution in [0, 0.1) is 0 Å². The Hall–Kier alpha value is -1.10. The highest BCUT2D eigenvalue weighted by atomic mass is 16.5. The van der Waals surface area contributed by atoms with Crippen LogP contribution in [0.4, 0.5) is 0 Å². The lowest BCUT2D eigenvalue weighted by molar-refractivity contribution is -0.00190. The summed E-state index contributed by atoms with van der Waals surface area (Å²) >= 11 is 0. The summed E-state index contributed by atoms with van der Waals surface area (Å²) in [7, 11) is 0. The quantitative estimate of drug-likeness (QED) is 0.799. The minimum absolute atomic E-state index is 0.342. The number of hydrogen-bond acceptors (Lipinski definition) is 4. The summed E-state index contributed by atoms with van der Waals surface area (Å²) in [5.41, 5.74) is 1.19. The van der Waals surface area contributed by atoms with Crippen molar-refractivity contribution in [2.75, 3.05) is 32.8 Å². The van der Waals surface area contributed by atoms with Crippen molar-refractivity contribution in [3.8, 4) is 5.75 Å². The monoisotopic (exact) mass is 321 g/mol. The average molecular weight is 321 g/mol. The van der Waals surface area contributed by atoms with Crippen LogP contribution < -0.4 is 4.74 Å². The van der Waals surface area contributed by atoms with Crippen molar-refractivity contribution in [3.63, 3.8) is 0 Å². The maximum atomic E-state index is 10.3. The molecule has 1 aromatic rings. The predicted octanol–water partition coefficient (Wildman–Crippen LogP) is 3.05. The Morgan fingerprint density at radius 2 is 1.91 bits per heavy atom. The van der Waals surface area contributed by atoms with Gasteiger partial charge in [0.15, 0.2) is 0 Å². The Morgan fingerprint density at radius 3 is 2.57 bits per heavy atom. The number of aliphatic hydroxyl groups is 1. The summed E-state index contributed by atoms with van der Waals surface area (Å²) in [5, 5.41) is 10.3. The molecule has 1 aliphatic heterocycles. The van der Waals surface area contributed by atoms with Crippen molar-refractivity contribution in [2.45, 2.75) is 51.7 Å². The summed E-state index contributed by atoms with van der Waals surface area (Å²) in [6.45, 7) is 10.1. The fourth-order valence-corrected chi connectivity index (χ4v) is 3.12. The van der Waals surface area contributed by atoms with Gasteiger partial charge in [0.05, 0.1) is 6.10 Å². The van der Waals surface area contributed by atoms with Gasteiger partial charge in [0.1, 0.15) is 18.5 Å². The highest BCUT2D eigenvalue weighted by Gasteiger charge is 2.21. The molecule has 130 valence electrons. The van der Waals surface area contributed by atoms with Gasteiger partial charge in [0.2, 0.25) is 0 Å². The molecule has 0 saturated carbocycles. The molecular formula is C19H31NO3. The number of β-amino-alcohol motifs (C(OH)–C–C–N with tert-alkyl or cyclic N) is 1. The van der Waals surface area contributed by atoms with Gasteiger partial charge in [-0.1, -0.05) is 32.0 Å². The third-order valence-corrected chi connectivity index (χ3v) is 4.38. The lowest BCUT2D eigenvalue weighted by atomic mass is 10.0. The molecule has 2 rings (SSSR count). The van der Waals surface area contributed by atoms with Crippen molar-refractivity contribution >= 4 is 0 Å². The van der Waals surface area contributed by atoms with Gasteiger partial charge in [-0.2, -0.15) is 0 Å². The van der Waals surface area contributed by atoms with E-state index in [-0.39, 0.29) is 0 Å². The average Bonchev–Trinajstić information content (AvgIpc) is 2.55. The number of likely N-dealkylation sites (tertiary alicyclic amines) is 1. The smallest absolute Gasteiger partial charge is 0.122 e. The predicted molar refractivity (Wildman–Crippen MR) is 93.1 cm³/mol. The molecule has 0 aromatic heterocycles. The van der Waals surface area contributed by atoms with Gasteiger partial charge in [-0.25, -0.2) is 0 Å². The summed E-state index contributed by atoms with van der Waals surface area (Å²) in [4.78, 5) is 2.30. The van der Waals surface area contributed by atoms with Crippen LogP contribution in [-0.4, -0.2) is 55.1 Å². The van der Waals surface area contributed by atoms with Gasteiger partial charge in [-0.3, -0.25) is 0 Å². The highest BCUT2D eigenvalue weighted by Crippen LogP contribution is 2.26. The van der Waals surface area contributed by atoms with E-state index in [9.17, 15) is 5.11 Å². The van der Waals surface area contributed by atoms with Crippen LogP contribution in [0.3, 0.4) is 0 Å². The van der Waals surface area contributed by atoms with Crippen LogP contribution in [0.2, 0.25) is 0 Å². The maximum Gasteiger partial charge on any atom is 0.122 e. The number of hydrogen-bond donors (Lipinski definition) is 1. The second kappa shape index (κ2) is 9.26. The zero-order chi connectivity index (χ0) is 16.7. The first-order chi connectivity index (χ1) is 11.1. The molecule has 1 fully saturated rings. The molecule has 23 heavy (non-hydrogen) atoms. The number of benzene rings is 1. The largest absolute Gasteiger partial charge is 0.491 e. The fourth-order valence-electron chi connectivity index (χ4n) is 3.12. The Kier molecular flexibility index (Phi) is 7.34. The van der Waals surface area contributed by atoms with Gasteiger partial charge >= 0.3 is 0 Å². The van der Waals surface area contributed by atoms with Crippen LogP contribution in [0.1, 0.15) is 45.1 Å². The molecule has 0 spiro atoms. The molecule has 1 N–H and O–H groups in total. The molecule has 4 heteroatoms.